The summed E-state index contributed by atoms with van der Waals surface area (Å²) >= 11 is 0. The first-order valence-corrected chi connectivity index (χ1v) is 5.23. The van der Waals surface area contributed by atoms with Crippen LogP contribution in [0.4, 0.5) is 8.78 Å². The van der Waals surface area contributed by atoms with Crippen LogP contribution < -0.4 is 5.32 Å². The number of rotatable bonds is 5. The van der Waals surface area contributed by atoms with Crippen molar-refractivity contribution in [1.29, 1.82) is 0 Å². The van der Waals surface area contributed by atoms with E-state index in [1.165, 1.54) is 14.0 Å². The zero-order valence-electron chi connectivity index (χ0n) is 9.69. The van der Waals surface area contributed by atoms with Crippen LogP contribution in [0.3, 0.4) is 0 Å². The van der Waals surface area contributed by atoms with Crippen molar-refractivity contribution in [3.63, 3.8) is 0 Å². The first kappa shape index (κ1) is 13.6. The van der Waals surface area contributed by atoms with Crippen molar-refractivity contribution in [2.24, 2.45) is 0 Å². The summed E-state index contributed by atoms with van der Waals surface area (Å²) in [5, 5.41) is 2.56. The number of ether oxygens (including phenoxy) is 1. The SMILES string of the molecule is COC(=O)C(NC(C)C(F)F)c1ccccc1. The second-order valence-corrected chi connectivity index (χ2v) is 3.66. The topological polar surface area (TPSA) is 38.3 Å². The molecule has 5 heteroatoms. The minimum atomic E-state index is -2.54. The Bertz CT molecular complexity index is 357. The van der Waals surface area contributed by atoms with Gasteiger partial charge in [0.2, 0.25) is 0 Å². The van der Waals surface area contributed by atoms with Crippen molar-refractivity contribution < 1.29 is 18.3 Å². The number of benzene rings is 1. The zero-order chi connectivity index (χ0) is 12.8. The van der Waals surface area contributed by atoms with Crippen LogP contribution in [-0.2, 0) is 9.53 Å². The molecule has 0 aliphatic carbocycles. The van der Waals surface area contributed by atoms with Crippen molar-refractivity contribution in [3.05, 3.63) is 35.9 Å². The van der Waals surface area contributed by atoms with E-state index in [1.807, 2.05) is 0 Å². The summed E-state index contributed by atoms with van der Waals surface area (Å²) in [6, 6.07) is 6.68. The number of carbonyl (C=O) groups excluding carboxylic acids is 1. The average Bonchev–Trinajstić information content (AvgIpc) is 2.35. The smallest absolute Gasteiger partial charge is 0.327 e. The monoisotopic (exact) mass is 243 g/mol. The van der Waals surface area contributed by atoms with Gasteiger partial charge in [0.1, 0.15) is 6.04 Å². The molecule has 2 atom stereocenters. The Morgan fingerprint density at radius 3 is 2.35 bits per heavy atom. The normalized spacial score (nSPS) is 14.4. The molecule has 17 heavy (non-hydrogen) atoms. The summed E-state index contributed by atoms with van der Waals surface area (Å²) in [5.41, 5.74) is 0.604. The van der Waals surface area contributed by atoms with Gasteiger partial charge in [0, 0.05) is 0 Å². The minimum absolute atomic E-state index is 0.580. The third-order valence-electron chi connectivity index (χ3n) is 2.38. The Kier molecular flexibility index (Phi) is 5.03. The van der Waals surface area contributed by atoms with E-state index in [0.29, 0.717) is 5.56 Å². The largest absolute Gasteiger partial charge is 0.468 e. The van der Waals surface area contributed by atoms with E-state index in [-0.39, 0.29) is 0 Å². The molecule has 0 aliphatic rings. The van der Waals surface area contributed by atoms with Gasteiger partial charge in [0.15, 0.2) is 0 Å². The predicted octanol–water partition coefficient (Wildman–Crippen LogP) is 2.14. The van der Waals surface area contributed by atoms with E-state index >= 15 is 0 Å². The molecule has 0 saturated carbocycles. The highest BCUT2D eigenvalue weighted by Gasteiger charge is 2.26. The Hall–Kier alpha value is -1.49. The van der Waals surface area contributed by atoms with Crippen molar-refractivity contribution in [1.82, 2.24) is 5.32 Å². The molecule has 0 radical (unpaired) electrons. The van der Waals surface area contributed by atoms with Crippen LogP contribution >= 0.6 is 0 Å². The quantitative estimate of drug-likeness (QED) is 0.805. The molecule has 1 rings (SSSR count). The maximum absolute atomic E-state index is 12.5. The molecule has 1 aromatic rings. The molecule has 0 fully saturated rings. The summed E-state index contributed by atoms with van der Waals surface area (Å²) in [7, 11) is 1.23. The Labute approximate surface area is 98.8 Å². The van der Waals surface area contributed by atoms with Gasteiger partial charge in [-0.15, -0.1) is 0 Å². The minimum Gasteiger partial charge on any atom is -0.468 e. The molecule has 0 spiro atoms. The summed E-state index contributed by atoms with van der Waals surface area (Å²) < 4.78 is 29.5. The highest BCUT2D eigenvalue weighted by atomic mass is 19.3. The third-order valence-corrected chi connectivity index (χ3v) is 2.38. The number of esters is 1. The molecule has 0 aromatic heterocycles. The number of methoxy groups -OCH3 is 1. The number of nitrogens with one attached hydrogen (secondary N) is 1. The van der Waals surface area contributed by atoms with E-state index in [4.69, 9.17) is 0 Å². The lowest BCUT2D eigenvalue weighted by Crippen LogP contribution is -2.39. The summed E-state index contributed by atoms with van der Waals surface area (Å²) in [6.45, 7) is 1.32. The summed E-state index contributed by atoms with van der Waals surface area (Å²) in [5.74, 6) is -0.580. The third kappa shape index (κ3) is 3.78. The van der Waals surface area contributed by atoms with E-state index in [0.717, 1.165) is 0 Å². The first-order chi connectivity index (χ1) is 8.06. The van der Waals surface area contributed by atoms with Crippen molar-refractivity contribution in [2.45, 2.75) is 25.4 Å². The predicted molar refractivity (Wildman–Crippen MR) is 59.8 cm³/mol. The maximum atomic E-state index is 12.5. The van der Waals surface area contributed by atoms with Crippen LogP contribution in [0.2, 0.25) is 0 Å². The number of hydrogen-bond donors (Lipinski definition) is 1. The van der Waals surface area contributed by atoms with Gasteiger partial charge in [-0.1, -0.05) is 30.3 Å². The van der Waals surface area contributed by atoms with Gasteiger partial charge in [-0.3, -0.25) is 5.32 Å². The lowest BCUT2D eigenvalue weighted by atomic mass is 10.1. The van der Waals surface area contributed by atoms with Crippen LogP contribution in [0.5, 0.6) is 0 Å². The molecule has 0 bridgehead atoms. The van der Waals surface area contributed by atoms with Gasteiger partial charge in [-0.25, -0.2) is 13.6 Å². The van der Waals surface area contributed by atoms with Gasteiger partial charge in [-0.05, 0) is 12.5 Å². The molecule has 1 N–H and O–H groups in total. The molecule has 3 nitrogen and oxygen atoms in total. The molecule has 0 saturated heterocycles. The Morgan fingerprint density at radius 1 is 1.29 bits per heavy atom. The van der Waals surface area contributed by atoms with Crippen LogP contribution in [0.25, 0.3) is 0 Å². The van der Waals surface area contributed by atoms with E-state index < -0.39 is 24.5 Å². The van der Waals surface area contributed by atoms with Gasteiger partial charge in [-0.2, -0.15) is 0 Å². The number of alkyl halides is 2. The van der Waals surface area contributed by atoms with Gasteiger partial charge < -0.3 is 4.74 Å². The Morgan fingerprint density at radius 2 is 1.88 bits per heavy atom. The van der Waals surface area contributed by atoms with Crippen molar-refractivity contribution in [3.8, 4) is 0 Å². The van der Waals surface area contributed by atoms with Crippen molar-refractivity contribution in [2.75, 3.05) is 7.11 Å². The van der Waals surface area contributed by atoms with Crippen molar-refractivity contribution >= 4 is 5.97 Å². The Balaban J connectivity index is 2.86. The van der Waals surface area contributed by atoms with E-state index in [1.54, 1.807) is 30.3 Å². The molecular weight excluding hydrogens is 228 g/mol. The van der Waals surface area contributed by atoms with Crippen LogP contribution in [-0.4, -0.2) is 25.5 Å². The number of carbonyl (C=O) groups is 1. The second kappa shape index (κ2) is 6.30. The average molecular weight is 243 g/mol. The lowest BCUT2D eigenvalue weighted by Gasteiger charge is -2.21. The molecule has 2 unspecified atom stereocenters. The maximum Gasteiger partial charge on any atom is 0.327 e. The molecule has 1 aromatic carbocycles. The fraction of sp³-hybridized carbons (Fsp3) is 0.417. The summed E-state index contributed by atoms with van der Waals surface area (Å²) in [6.07, 6.45) is -2.54. The van der Waals surface area contributed by atoms with Gasteiger partial charge in [0.25, 0.3) is 6.43 Å². The van der Waals surface area contributed by atoms with Crippen LogP contribution in [0.15, 0.2) is 30.3 Å². The van der Waals surface area contributed by atoms with Crippen LogP contribution in [0, 0.1) is 0 Å². The summed E-state index contributed by atoms with van der Waals surface area (Å²) in [4.78, 5) is 11.5. The van der Waals surface area contributed by atoms with Crippen LogP contribution in [0.1, 0.15) is 18.5 Å². The highest BCUT2D eigenvalue weighted by molar-refractivity contribution is 5.77. The molecule has 94 valence electrons. The first-order valence-electron chi connectivity index (χ1n) is 5.23. The van der Waals surface area contributed by atoms with E-state index in [2.05, 4.69) is 10.1 Å². The fourth-order valence-corrected chi connectivity index (χ4v) is 1.40. The second-order valence-electron chi connectivity index (χ2n) is 3.66. The highest BCUT2D eigenvalue weighted by Crippen LogP contribution is 2.16. The fourth-order valence-electron chi connectivity index (χ4n) is 1.40. The van der Waals surface area contributed by atoms with E-state index in [9.17, 15) is 13.6 Å². The molecule has 0 amide bonds. The molecule has 0 aliphatic heterocycles. The number of halogens is 2. The van der Waals surface area contributed by atoms with Gasteiger partial charge in [0.05, 0.1) is 13.2 Å². The van der Waals surface area contributed by atoms with Gasteiger partial charge >= 0.3 is 5.97 Å². The number of hydrogen-bond acceptors (Lipinski definition) is 3. The zero-order valence-corrected chi connectivity index (χ0v) is 9.69. The lowest BCUT2D eigenvalue weighted by molar-refractivity contribution is -0.143. The molecular formula is C12H15F2NO2. The molecule has 0 heterocycles. The standard InChI is InChI=1S/C12H15F2NO2/c1-8(11(13)14)15-10(12(16)17-2)9-6-4-3-5-7-9/h3-8,10-11,15H,1-2H3.